The molecule has 7 heteroatoms. The number of hydrogen-bond donors (Lipinski definition) is 3. The Bertz CT molecular complexity index is 485. The molecule has 0 aliphatic rings. The van der Waals surface area contributed by atoms with Crippen LogP contribution in [0.3, 0.4) is 0 Å². The second-order valence-electron chi connectivity index (χ2n) is 4.75. The third-order valence-electron chi connectivity index (χ3n) is 2.89. The molecule has 1 aromatic rings. The number of alkyl halides is 1. The van der Waals surface area contributed by atoms with Gasteiger partial charge in [0.15, 0.2) is 0 Å². The van der Waals surface area contributed by atoms with Crippen LogP contribution in [0.1, 0.15) is 24.8 Å². The Morgan fingerprint density at radius 1 is 1.38 bits per heavy atom. The number of hydrogen-bond acceptors (Lipinski definition) is 3. The van der Waals surface area contributed by atoms with E-state index in [-0.39, 0.29) is 6.42 Å². The van der Waals surface area contributed by atoms with Gasteiger partial charge >= 0.3 is 5.97 Å². The zero-order valence-electron chi connectivity index (χ0n) is 11.8. The first-order chi connectivity index (χ1) is 10.0. The highest BCUT2D eigenvalue weighted by Gasteiger charge is 2.12. The van der Waals surface area contributed by atoms with Gasteiger partial charge in [0.05, 0.1) is 0 Å². The summed E-state index contributed by atoms with van der Waals surface area (Å²) in [5.74, 6) is -0.421. The zero-order valence-corrected chi connectivity index (χ0v) is 14.2. The third-order valence-corrected chi connectivity index (χ3v) is 4.58. The number of carbonyl (C=O) groups is 1. The summed E-state index contributed by atoms with van der Waals surface area (Å²) in [6.07, 6.45) is 3.30. The molecule has 4 N–H and O–H groups in total. The van der Waals surface area contributed by atoms with E-state index in [4.69, 9.17) is 10.8 Å². The molecule has 0 heterocycles. The van der Waals surface area contributed by atoms with E-state index in [2.05, 4.69) is 20.7 Å². The van der Waals surface area contributed by atoms with Crippen LogP contribution in [0, 0.1) is 0 Å². The maximum atomic E-state index is 11.9. The van der Waals surface area contributed by atoms with Crippen LogP contribution in [-0.2, 0) is 22.2 Å². The second kappa shape index (κ2) is 9.92. The monoisotopic (exact) mass is 376 g/mol. The number of unbranched alkanes of at least 4 members (excludes halogenated alkanes) is 2. The molecule has 0 aliphatic carbocycles. The van der Waals surface area contributed by atoms with Crippen LogP contribution in [0.15, 0.2) is 24.3 Å². The van der Waals surface area contributed by atoms with Crippen LogP contribution in [0.25, 0.3) is 0 Å². The highest BCUT2D eigenvalue weighted by Crippen LogP contribution is 2.13. The van der Waals surface area contributed by atoms with Gasteiger partial charge in [-0.05, 0) is 37.0 Å². The summed E-state index contributed by atoms with van der Waals surface area (Å²) in [4.78, 5) is 10.7. The van der Waals surface area contributed by atoms with Crippen molar-refractivity contribution in [1.82, 2.24) is 0 Å². The second-order valence-corrected chi connectivity index (χ2v) is 6.85. The Labute approximate surface area is 136 Å². The Morgan fingerprint density at radius 2 is 2.14 bits per heavy atom. The number of aliphatic carboxylic acids is 1. The number of carboxylic acids is 1. The molecule has 1 aromatic carbocycles. The van der Waals surface area contributed by atoms with Gasteiger partial charge in [0.1, 0.15) is 17.0 Å². The molecule has 0 saturated heterocycles. The predicted octanol–water partition coefficient (Wildman–Crippen LogP) is 2.28. The number of benzene rings is 1. The maximum Gasteiger partial charge on any atom is 0.320 e. The van der Waals surface area contributed by atoms with E-state index in [1.165, 1.54) is 0 Å². The highest BCUT2D eigenvalue weighted by molar-refractivity contribution is 9.09. The van der Waals surface area contributed by atoms with Crippen LogP contribution >= 0.6 is 15.9 Å². The molecule has 0 saturated carbocycles. The van der Waals surface area contributed by atoms with Crippen molar-refractivity contribution in [3.05, 3.63) is 29.8 Å². The molecule has 1 unspecified atom stereocenters. The molecule has 0 fully saturated rings. The van der Waals surface area contributed by atoms with Gasteiger partial charge < -0.3 is 15.6 Å². The summed E-state index contributed by atoms with van der Waals surface area (Å²) >= 11 is 3.36. The molecule has 21 heavy (non-hydrogen) atoms. The molecule has 0 radical (unpaired) electrons. The fourth-order valence-electron chi connectivity index (χ4n) is 1.79. The minimum Gasteiger partial charge on any atom is -0.480 e. The van der Waals surface area contributed by atoms with Crippen molar-refractivity contribution in [3.8, 4) is 0 Å². The molecule has 1 rings (SSSR count). The summed E-state index contributed by atoms with van der Waals surface area (Å²) in [5, 5.41) is 9.78. The van der Waals surface area contributed by atoms with E-state index >= 15 is 0 Å². The lowest BCUT2D eigenvalue weighted by molar-refractivity contribution is -0.138. The van der Waals surface area contributed by atoms with Gasteiger partial charge in [0.2, 0.25) is 0 Å². The largest absolute Gasteiger partial charge is 0.480 e. The van der Waals surface area contributed by atoms with Crippen LogP contribution in [-0.4, -0.2) is 32.4 Å². The predicted molar refractivity (Wildman–Crippen MR) is 90.0 cm³/mol. The Morgan fingerprint density at radius 3 is 2.81 bits per heavy atom. The summed E-state index contributed by atoms with van der Waals surface area (Å²) in [6, 6.07) is 6.29. The first kappa shape index (κ1) is 18.1. The molecular weight excluding hydrogens is 356 g/mol. The van der Waals surface area contributed by atoms with Crippen molar-refractivity contribution in [1.29, 1.82) is 0 Å². The number of rotatable bonds is 10. The van der Waals surface area contributed by atoms with Crippen molar-refractivity contribution < 1.29 is 14.1 Å². The van der Waals surface area contributed by atoms with Crippen molar-refractivity contribution in [2.45, 2.75) is 31.7 Å². The van der Waals surface area contributed by atoms with E-state index in [9.17, 15) is 9.00 Å². The molecular formula is C14H21BrN2O3S. The van der Waals surface area contributed by atoms with Gasteiger partial charge in [-0.3, -0.25) is 4.79 Å². The van der Waals surface area contributed by atoms with E-state index in [0.29, 0.717) is 5.75 Å². The standard InChI is InChI=1S/C14H21BrN2O3S/c15-7-2-1-3-8-21(20)17-12-6-4-5-11(9-12)10-13(16)14(18)19/h4-6,9,13,17H,1-3,7-8,10,16H2,(H,18,19)/t13-,21?/m0/s1. The molecule has 0 bridgehead atoms. The van der Waals surface area contributed by atoms with Crippen molar-refractivity contribution in [2.75, 3.05) is 15.8 Å². The lowest BCUT2D eigenvalue weighted by atomic mass is 10.1. The van der Waals surface area contributed by atoms with E-state index in [1.807, 2.05) is 12.1 Å². The van der Waals surface area contributed by atoms with Gasteiger partial charge in [0.25, 0.3) is 0 Å². The van der Waals surface area contributed by atoms with E-state index in [1.54, 1.807) is 12.1 Å². The maximum absolute atomic E-state index is 11.9. The molecule has 118 valence electrons. The first-order valence-corrected chi connectivity index (χ1v) is 9.25. The van der Waals surface area contributed by atoms with E-state index in [0.717, 1.165) is 35.8 Å². The number of halogens is 1. The van der Waals surface area contributed by atoms with Gasteiger partial charge in [-0.2, -0.15) is 0 Å². The lowest BCUT2D eigenvalue weighted by Gasteiger charge is -2.10. The van der Waals surface area contributed by atoms with Crippen molar-refractivity contribution >= 4 is 38.6 Å². The van der Waals surface area contributed by atoms with Crippen molar-refractivity contribution in [3.63, 3.8) is 0 Å². The van der Waals surface area contributed by atoms with Gasteiger partial charge in [-0.15, -0.1) is 0 Å². The number of nitrogens with two attached hydrogens (primary N) is 1. The van der Waals surface area contributed by atoms with Gasteiger partial charge in [0, 0.05) is 16.8 Å². The minimum atomic E-state index is -1.12. The first-order valence-electron chi connectivity index (χ1n) is 6.81. The van der Waals surface area contributed by atoms with Crippen molar-refractivity contribution in [2.24, 2.45) is 5.73 Å². The molecule has 0 amide bonds. The normalized spacial score (nSPS) is 13.6. The Balaban J connectivity index is 2.48. The van der Waals surface area contributed by atoms with Gasteiger partial charge in [-0.25, -0.2) is 4.21 Å². The Kier molecular flexibility index (Phi) is 8.56. The average Bonchev–Trinajstić information content (AvgIpc) is 2.44. The topological polar surface area (TPSA) is 92.4 Å². The average molecular weight is 377 g/mol. The molecule has 0 spiro atoms. The third kappa shape index (κ3) is 7.59. The minimum absolute atomic E-state index is 0.253. The van der Waals surface area contributed by atoms with Gasteiger partial charge in [-0.1, -0.05) is 34.5 Å². The van der Waals surface area contributed by atoms with E-state index < -0.39 is 23.0 Å². The number of carboxylic acid groups (broad SMARTS) is 1. The zero-order chi connectivity index (χ0) is 15.7. The fourth-order valence-corrected chi connectivity index (χ4v) is 3.14. The SMILES string of the molecule is N[C@@H](Cc1cccc(NS(=O)CCCCCBr)c1)C(=O)O. The lowest BCUT2D eigenvalue weighted by Crippen LogP contribution is -2.32. The molecule has 0 aliphatic heterocycles. The molecule has 0 aromatic heterocycles. The summed E-state index contributed by atoms with van der Waals surface area (Å²) in [5.41, 5.74) is 7.05. The highest BCUT2D eigenvalue weighted by atomic mass is 79.9. The number of nitrogens with one attached hydrogen (secondary N) is 1. The Hall–Kier alpha value is -0.920. The van der Waals surface area contributed by atoms with Crippen LogP contribution in [0.4, 0.5) is 5.69 Å². The van der Waals surface area contributed by atoms with Crippen LogP contribution < -0.4 is 10.5 Å². The van der Waals surface area contributed by atoms with Crippen LogP contribution in [0.2, 0.25) is 0 Å². The molecule has 5 nitrogen and oxygen atoms in total. The quantitative estimate of drug-likeness (QED) is 0.431. The fraction of sp³-hybridized carbons (Fsp3) is 0.500. The molecule has 2 atom stereocenters. The summed E-state index contributed by atoms with van der Waals surface area (Å²) in [7, 11) is -1.12. The summed E-state index contributed by atoms with van der Waals surface area (Å²) in [6.45, 7) is 0. The summed E-state index contributed by atoms with van der Waals surface area (Å²) < 4.78 is 14.8. The number of anilines is 1. The smallest absolute Gasteiger partial charge is 0.320 e. The van der Waals surface area contributed by atoms with Crippen LogP contribution in [0.5, 0.6) is 0 Å².